The van der Waals surface area contributed by atoms with Gasteiger partial charge in [0.1, 0.15) is 11.9 Å². The summed E-state index contributed by atoms with van der Waals surface area (Å²) in [6.45, 7) is 4.71. The molecule has 0 radical (unpaired) electrons. The van der Waals surface area contributed by atoms with Gasteiger partial charge in [0.15, 0.2) is 0 Å². The van der Waals surface area contributed by atoms with Crippen LogP contribution >= 0.6 is 23.5 Å². The van der Waals surface area contributed by atoms with Crippen LogP contribution in [0.3, 0.4) is 0 Å². The second-order valence-electron chi connectivity index (χ2n) is 4.23. The fourth-order valence-electron chi connectivity index (χ4n) is 1.62. The monoisotopic (exact) mass is 380 g/mol. The Bertz CT molecular complexity index is 567. The summed E-state index contributed by atoms with van der Waals surface area (Å²) in [6, 6.07) is 0. The number of phosphoric ester groups is 1. The summed E-state index contributed by atoms with van der Waals surface area (Å²) in [7, 11) is -17.8. The molecule has 0 aromatic rings. The minimum absolute atomic E-state index is 0.149. The number of hydrogen-bond acceptors (Lipinski definition) is 12. The molecule has 0 spiro atoms. The lowest BCUT2D eigenvalue weighted by Gasteiger charge is -2.37. The van der Waals surface area contributed by atoms with Crippen LogP contribution in [-0.2, 0) is 31.6 Å². The van der Waals surface area contributed by atoms with Crippen molar-refractivity contribution in [2.24, 2.45) is 0 Å². The molecule has 5 atom stereocenters. The molecule has 130 valence electrons. The first-order chi connectivity index (χ1) is 9.71. The van der Waals surface area contributed by atoms with Crippen molar-refractivity contribution in [1.29, 1.82) is 0 Å². The second-order valence-corrected chi connectivity index (χ2v) is 8.41. The van der Waals surface area contributed by atoms with Gasteiger partial charge >= 0.3 is 7.82 Å². The number of phosphoric acid groups is 3. The molecule has 1 heterocycles. The Hall–Kier alpha value is -0.0900. The van der Waals surface area contributed by atoms with Crippen LogP contribution in [0.5, 0.6) is 0 Å². The highest BCUT2D eigenvalue weighted by Crippen LogP contribution is 2.61. The second kappa shape index (κ2) is 6.80. The molecule has 1 aliphatic heterocycles. The highest BCUT2D eigenvalue weighted by molar-refractivity contribution is 7.64. The zero-order valence-electron chi connectivity index (χ0n) is 10.9. The Balaban J connectivity index is 2.71. The van der Waals surface area contributed by atoms with Crippen molar-refractivity contribution in [1.82, 2.24) is 0 Å². The maximum atomic E-state index is 11.3. The lowest BCUT2D eigenvalue weighted by atomic mass is 10.1. The van der Waals surface area contributed by atoms with E-state index in [2.05, 4.69) is 19.7 Å². The van der Waals surface area contributed by atoms with Crippen molar-refractivity contribution < 1.29 is 56.3 Å². The van der Waals surface area contributed by atoms with Gasteiger partial charge in [0, 0.05) is 6.42 Å². The largest absolute Gasteiger partial charge is 0.790 e. The van der Waals surface area contributed by atoms with Crippen LogP contribution in [-0.4, -0.2) is 23.4 Å². The molecule has 1 N–H and O–H groups in total. The molecule has 0 aromatic carbocycles. The quantitative estimate of drug-likeness (QED) is 0.371. The minimum atomic E-state index is -6.05. The summed E-state index contributed by atoms with van der Waals surface area (Å²) in [6.07, 6.45) is -2.71. The molecule has 15 heteroatoms. The molecule has 22 heavy (non-hydrogen) atoms. The maximum Gasteiger partial charge on any atom is 0.326 e. The first kappa shape index (κ1) is 20.0. The van der Waals surface area contributed by atoms with Crippen molar-refractivity contribution in [3.63, 3.8) is 0 Å². The van der Waals surface area contributed by atoms with Crippen LogP contribution in [0.4, 0.5) is 0 Å². The average molecular weight is 380 g/mol. The van der Waals surface area contributed by atoms with Gasteiger partial charge in [0.05, 0.1) is 20.0 Å². The third-order valence-corrected chi connectivity index (χ3v) is 5.91. The molecule has 12 nitrogen and oxygen atoms in total. The number of hydrogen-bond donors (Lipinski definition) is 1. The molecule has 0 bridgehead atoms. The molecular formula is C7H11O12P3-4. The van der Waals surface area contributed by atoms with Crippen LogP contribution in [0.2, 0.25) is 0 Å². The lowest BCUT2D eigenvalue weighted by Crippen LogP contribution is -2.25. The Morgan fingerprint density at radius 2 is 1.73 bits per heavy atom. The molecule has 0 aromatic heterocycles. The zero-order chi connectivity index (χ0) is 17.3. The fraction of sp³-hybridized carbons (Fsp3) is 0.714. The number of rotatable bonds is 7. The number of ether oxygens (including phenoxy) is 1. The molecule has 1 aliphatic rings. The van der Waals surface area contributed by atoms with E-state index in [-0.39, 0.29) is 6.42 Å². The minimum Gasteiger partial charge on any atom is -0.790 e. The van der Waals surface area contributed by atoms with Gasteiger partial charge in [0.2, 0.25) is 0 Å². The number of aliphatic hydroxyl groups is 1. The Labute approximate surface area is 124 Å². The normalized spacial score (nSPS) is 31.3. The zero-order valence-corrected chi connectivity index (χ0v) is 13.6. The molecule has 3 unspecified atom stereocenters. The predicted molar refractivity (Wildman–Crippen MR) is 60.2 cm³/mol. The highest BCUT2D eigenvalue weighted by atomic mass is 31.3. The van der Waals surface area contributed by atoms with Crippen molar-refractivity contribution in [3.05, 3.63) is 12.3 Å². The molecule has 0 amide bonds. The number of aliphatic hydroxyl groups excluding tert-OH is 1. The van der Waals surface area contributed by atoms with E-state index in [9.17, 15) is 38.4 Å². The lowest BCUT2D eigenvalue weighted by molar-refractivity contribution is -0.339. The van der Waals surface area contributed by atoms with E-state index in [0.717, 1.165) is 0 Å². The smallest absolute Gasteiger partial charge is 0.326 e. The molecule has 1 fully saturated rings. The van der Waals surface area contributed by atoms with Gasteiger partial charge in [-0.15, -0.1) is 0 Å². The van der Waals surface area contributed by atoms with Gasteiger partial charge in [-0.05, 0) is 6.92 Å². The first-order valence-electron chi connectivity index (χ1n) is 5.49. The predicted octanol–water partition coefficient (Wildman–Crippen LogP) is -2.15. The molecular weight excluding hydrogens is 369 g/mol. The van der Waals surface area contributed by atoms with Crippen LogP contribution in [0.1, 0.15) is 13.3 Å². The van der Waals surface area contributed by atoms with E-state index in [1.54, 1.807) is 6.92 Å². The van der Waals surface area contributed by atoms with E-state index in [4.69, 9.17) is 4.74 Å². The summed E-state index contributed by atoms with van der Waals surface area (Å²) >= 11 is 0. The highest BCUT2D eigenvalue weighted by Gasteiger charge is 2.36. The topological polar surface area (TPSA) is 201 Å². The summed E-state index contributed by atoms with van der Waals surface area (Å²) in [4.78, 5) is 42.5. The van der Waals surface area contributed by atoms with Crippen molar-refractivity contribution in [2.75, 3.05) is 0 Å². The summed E-state index contributed by atoms with van der Waals surface area (Å²) < 4.78 is 48.0. The van der Waals surface area contributed by atoms with Crippen molar-refractivity contribution in [3.8, 4) is 0 Å². The van der Waals surface area contributed by atoms with E-state index < -0.39 is 47.5 Å². The third-order valence-electron chi connectivity index (χ3n) is 2.25. The Morgan fingerprint density at radius 3 is 2.14 bits per heavy atom. The summed E-state index contributed by atoms with van der Waals surface area (Å²) in [5.41, 5.74) is 0. The van der Waals surface area contributed by atoms with E-state index in [1.807, 2.05) is 0 Å². The SMILES string of the molecule is C=C(OP(=O)([O-])OP(=O)([O-])OP(=O)([O-])[O-])[C@H]1O[C@@H](C)CC1O. The van der Waals surface area contributed by atoms with Gasteiger partial charge < -0.3 is 38.5 Å². The van der Waals surface area contributed by atoms with Crippen LogP contribution in [0.25, 0.3) is 0 Å². The third kappa shape index (κ3) is 6.57. The average Bonchev–Trinajstić information content (AvgIpc) is 2.50. The van der Waals surface area contributed by atoms with Gasteiger partial charge in [-0.2, -0.15) is 0 Å². The van der Waals surface area contributed by atoms with E-state index in [0.29, 0.717) is 0 Å². The summed E-state index contributed by atoms with van der Waals surface area (Å²) in [5, 5.41) is 9.55. The molecule has 0 saturated carbocycles. The van der Waals surface area contributed by atoms with Gasteiger partial charge in [-0.1, -0.05) is 6.58 Å². The molecule has 1 rings (SSSR count). The van der Waals surface area contributed by atoms with Crippen LogP contribution < -0.4 is 19.6 Å². The standard InChI is InChI=1S/C7H15O12P3/c1-4-3-6(8)7(16-4)5(2)17-21(12,13)19-22(14,15)18-20(9,10)11/h4,6-8H,2-3H2,1H3,(H,12,13)(H,14,15)(H2,9,10,11)/p-4/t4-,6?,7+/m0/s1. The van der Waals surface area contributed by atoms with Gasteiger partial charge in [-0.3, -0.25) is 13.4 Å². The Morgan fingerprint density at radius 1 is 1.18 bits per heavy atom. The van der Waals surface area contributed by atoms with E-state index in [1.165, 1.54) is 0 Å². The first-order valence-corrected chi connectivity index (χ1v) is 9.88. The van der Waals surface area contributed by atoms with Crippen LogP contribution in [0, 0.1) is 0 Å². The van der Waals surface area contributed by atoms with Gasteiger partial charge in [0.25, 0.3) is 7.82 Å². The van der Waals surface area contributed by atoms with Crippen molar-refractivity contribution >= 4 is 23.5 Å². The van der Waals surface area contributed by atoms with Crippen molar-refractivity contribution in [2.45, 2.75) is 31.7 Å². The Kier molecular flexibility index (Phi) is 6.17. The molecule has 0 aliphatic carbocycles. The molecule has 1 saturated heterocycles. The van der Waals surface area contributed by atoms with Crippen LogP contribution in [0.15, 0.2) is 12.3 Å². The van der Waals surface area contributed by atoms with Gasteiger partial charge in [-0.25, -0.2) is 4.31 Å². The summed E-state index contributed by atoms with van der Waals surface area (Å²) in [5.74, 6) is -0.692. The maximum absolute atomic E-state index is 11.3. The fourth-order valence-corrected chi connectivity index (χ4v) is 4.49. The van der Waals surface area contributed by atoms with E-state index >= 15 is 0 Å².